The monoisotopic (exact) mass is 373 g/mol. The summed E-state index contributed by atoms with van der Waals surface area (Å²) in [7, 11) is 2.23. The Labute approximate surface area is 163 Å². The summed E-state index contributed by atoms with van der Waals surface area (Å²) >= 11 is 0. The minimum Gasteiger partial charge on any atom is -0.345 e. The summed E-state index contributed by atoms with van der Waals surface area (Å²) in [5.41, 5.74) is 1.30. The van der Waals surface area contributed by atoms with Gasteiger partial charge in [-0.3, -0.25) is 14.6 Å². The zero-order valence-corrected chi connectivity index (χ0v) is 17.0. The maximum Gasteiger partial charge on any atom is 0.222 e. The lowest BCUT2D eigenvalue weighted by Crippen LogP contribution is -2.60. The first-order chi connectivity index (χ1) is 13.1. The molecule has 6 nitrogen and oxygen atoms in total. The van der Waals surface area contributed by atoms with Crippen molar-refractivity contribution in [3.05, 3.63) is 30.4 Å². The van der Waals surface area contributed by atoms with Crippen molar-refractivity contribution in [1.82, 2.24) is 24.7 Å². The molecule has 0 radical (unpaired) electrons. The van der Waals surface area contributed by atoms with Gasteiger partial charge in [-0.05, 0) is 26.3 Å². The van der Waals surface area contributed by atoms with Gasteiger partial charge in [0.25, 0.3) is 0 Å². The second-order valence-corrected chi connectivity index (χ2v) is 8.19. The number of rotatable bonds is 7. The van der Waals surface area contributed by atoms with E-state index >= 15 is 0 Å². The fourth-order valence-corrected chi connectivity index (χ4v) is 4.46. The summed E-state index contributed by atoms with van der Waals surface area (Å²) in [6, 6.07) is 0. The Kier molecular flexibility index (Phi) is 6.71. The number of piperazine rings is 1. The van der Waals surface area contributed by atoms with E-state index in [9.17, 15) is 4.79 Å². The van der Waals surface area contributed by atoms with Gasteiger partial charge in [-0.1, -0.05) is 19.4 Å². The minimum absolute atomic E-state index is 0.0922. The molecule has 2 aliphatic heterocycles. The number of unbranched alkanes of at least 4 members (excludes halogenated alkanes) is 1. The highest BCUT2D eigenvalue weighted by molar-refractivity contribution is 5.76. The molecule has 150 valence electrons. The first kappa shape index (κ1) is 20.1. The molecule has 2 saturated heterocycles. The SMILES string of the molecule is C=CCN1CCC2(CCC1=O)CN(Cc1cnc(CCCC)[nH]1)CCN2C. The van der Waals surface area contributed by atoms with Crippen molar-refractivity contribution in [2.45, 2.75) is 57.5 Å². The summed E-state index contributed by atoms with van der Waals surface area (Å²) in [6.45, 7) is 11.5. The quantitative estimate of drug-likeness (QED) is 0.746. The first-order valence-electron chi connectivity index (χ1n) is 10.4. The van der Waals surface area contributed by atoms with E-state index in [1.165, 1.54) is 18.5 Å². The normalized spacial score (nSPS) is 25.1. The van der Waals surface area contributed by atoms with E-state index in [0.717, 1.165) is 57.8 Å². The molecule has 1 unspecified atom stereocenters. The summed E-state index contributed by atoms with van der Waals surface area (Å²) < 4.78 is 0. The molecule has 1 aromatic rings. The van der Waals surface area contributed by atoms with Crippen LogP contribution in [-0.2, 0) is 17.8 Å². The lowest BCUT2D eigenvalue weighted by Gasteiger charge is -2.49. The van der Waals surface area contributed by atoms with Gasteiger partial charge in [-0.25, -0.2) is 4.98 Å². The first-order valence-corrected chi connectivity index (χ1v) is 10.4. The van der Waals surface area contributed by atoms with E-state index in [0.29, 0.717) is 13.0 Å². The highest BCUT2D eigenvalue weighted by atomic mass is 16.2. The fourth-order valence-electron chi connectivity index (χ4n) is 4.46. The Bertz CT molecular complexity index is 642. The molecule has 1 N–H and O–H groups in total. The maximum absolute atomic E-state index is 12.4. The van der Waals surface area contributed by atoms with Crippen LogP contribution in [-0.4, -0.2) is 75.9 Å². The van der Waals surface area contributed by atoms with Crippen LogP contribution in [0, 0.1) is 0 Å². The molecule has 6 heteroatoms. The van der Waals surface area contributed by atoms with Gasteiger partial charge in [-0.15, -0.1) is 6.58 Å². The van der Waals surface area contributed by atoms with Gasteiger partial charge in [0.2, 0.25) is 5.91 Å². The van der Waals surface area contributed by atoms with E-state index < -0.39 is 0 Å². The average Bonchev–Trinajstić information content (AvgIpc) is 3.05. The number of carbonyl (C=O) groups excluding carboxylic acids is 1. The molecule has 3 rings (SSSR count). The number of nitrogens with one attached hydrogen (secondary N) is 1. The van der Waals surface area contributed by atoms with Gasteiger partial charge in [0, 0.05) is 69.5 Å². The number of aromatic nitrogens is 2. The number of H-pyrrole nitrogens is 1. The van der Waals surface area contributed by atoms with Crippen molar-refractivity contribution in [2.24, 2.45) is 0 Å². The minimum atomic E-state index is 0.0922. The molecule has 0 bridgehead atoms. The predicted octanol–water partition coefficient (Wildman–Crippen LogP) is 2.44. The van der Waals surface area contributed by atoms with Crippen molar-refractivity contribution < 1.29 is 4.79 Å². The molecule has 1 spiro atoms. The van der Waals surface area contributed by atoms with Crippen molar-refractivity contribution in [3.8, 4) is 0 Å². The molecule has 2 aliphatic rings. The fraction of sp³-hybridized carbons (Fsp3) is 0.714. The summed E-state index contributed by atoms with van der Waals surface area (Å²) in [6.07, 6.45) is 9.85. The molecule has 1 amide bonds. The lowest BCUT2D eigenvalue weighted by atomic mass is 9.86. The second-order valence-electron chi connectivity index (χ2n) is 8.19. The lowest BCUT2D eigenvalue weighted by molar-refractivity contribution is -0.130. The number of likely N-dealkylation sites (N-methyl/N-ethyl adjacent to an activating group) is 1. The molecule has 27 heavy (non-hydrogen) atoms. The molecule has 1 atom stereocenters. The summed E-state index contributed by atoms with van der Waals surface area (Å²) in [4.78, 5) is 27.5. The van der Waals surface area contributed by atoms with E-state index in [1.54, 1.807) is 0 Å². The average molecular weight is 374 g/mol. The second kappa shape index (κ2) is 9.02. The Hall–Kier alpha value is -1.66. The molecular formula is C21H35N5O. The van der Waals surface area contributed by atoms with E-state index in [-0.39, 0.29) is 11.4 Å². The number of nitrogens with zero attached hydrogens (tertiary/aromatic N) is 4. The van der Waals surface area contributed by atoms with Gasteiger partial charge in [-0.2, -0.15) is 0 Å². The third-order valence-corrected chi connectivity index (χ3v) is 6.27. The summed E-state index contributed by atoms with van der Waals surface area (Å²) in [5, 5.41) is 0. The summed E-state index contributed by atoms with van der Waals surface area (Å²) in [5.74, 6) is 1.38. The standard InChI is InChI=1S/C21H35N5O/c1-4-6-7-19-22-15-18(23-19)16-25-14-13-24(3)21(17-25)9-8-20(27)26(11-5-2)12-10-21/h5,15H,2,4,6-14,16-17H2,1,3H3,(H,22,23). The Morgan fingerprint density at radius 3 is 2.96 bits per heavy atom. The van der Waals surface area contributed by atoms with Crippen LogP contribution in [0.5, 0.6) is 0 Å². The Morgan fingerprint density at radius 1 is 1.33 bits per heavy atom. The van der Waals surface area contributed by atoms with Crippen LogP contribution in [0.25, 0.3) is 0 Å². The predicted molar refractivity (Wildman–Crippen MR) is 108 cm³/mol. The molecular weight excluding hydrogens is 338 g/mol. The number of aryl methyl sites for hydroxylation is 1. The van der Waals surface area contributed by atoms with Gasteiger partial charge in [0.05, 0.1) is 0 Å². The smallest absolute Gasteiger partial charge is 0.222 e. The zero-order valence-electron chi connectivity index (χ0n) is 17.0. The highest BCUT2D eigenvalue weighted by Gasteiger charge is 2.42. The maximum atomic E-state index is 12.4. The molecule has 0 aromatic carbocycles. The Morgan fingerprint density at radius 2 is 2.19 bits per heavy atom. The van der Waals surface area contributed by atoms with E-state index in [4.69, 9.17) is 0 Å². The van der Waals surface area contributed by atoms with Gasteiger partial charge >= 0.3 is 0 Å². The van der Waals surface area contributed by atoms with Crippen LogP contribution < -0.4 is 0 Å². The van der Waals surface area contributed by atoms with Crippen LogP contribution in [0.15, 0.2) is 18.9 Å². The third kappa shape index (κ3) is 4.79. The highest BCUT2D eigenvalue weighted by Crippen LogP contribution is 2.32. The van der Waals surface area contributed by atoms with Gasteiger partial charge in [0.1, 0.15) is 5.82 Å². The molecule has 3 heterocycles. The van der Waals surface area contributed by atoms with Gasteiger partial charge in [0.15, 0.2) is 0 Å². The van der Waals surface area contributed by atoms with Crippen molar-refractivity contribution >= 4 is 5.91 Å². The molecule has 0 saturated carbocycles. The topological polar surface area (TPSA) is 55.5 Å². The van der Waals surface area contributed by atoms with Crippen LogP contribution in [0.2, 0.25) is 0 Å². The van der Waals surface area contributed by atoms with Crippen molar-refractivity contribution in [1.29, 1.82) is 0 Å². The number of hydrogen-bond donors (Lipinski definition) is 1. The Balaban J connectivity index is 1.64. The third-order valence-electron chi connectivity index (χ3n) is 6.27. The van der Waals surface area contributed by atoms with E-state index in [1.807, 2.05) is 17.2 Å². The van der Waals surface area contributed by atoms with Crippen molar-refractivity contribution in [2.75, 3.05) is 39.8 Å². The number of amides is 1. The van der Waals surface area contributed by atoms with Crippen LogP contribution in [0.3, 0.4) is 0 Å². The van der Waals surface area contributed by atoms with Crippen LogP contribution in [0.4, 0.5) is 0 Å². The van der Waals surface area contributed by atoms with Gasteiger partial charge < -0.3 is 9.88 Å². The number of aromatic amines is 1. The van der Waals surface area contributed by atoms with E-state index in [2.05, 4.69) is 40.3 Å². The van der Waals surface area contributed by atoms with Crippen molar-refractivity contribution in [3.63, 3.8) is 0 Å². The molecule has 2 fully saturated rings. The largest absolute Gasteiger partial charge is 0.345 e. The van der Waals surface area contributed by atoms with Crippen LogP contribution >= 0.6 is 0 Å². The number of carbonyl (C=O) groups is 1. The van der Waals surface area contributed by atoms with Crippen LogP contribution in [0.1, 0.15) is 50.5 Å². The number of hydrogen-bond acceptors (Lipinski definition) is 4. The molecule has 1 aromatic heterocycles. The molecule has 0 aliphatic carbocycles. The number of imidazole rings is 1. The number of likely N-dealkylation sites (tertiary alicyclic amines) is 1. The zero-order chi connectivity index (χ0) is 19.3.